The number of primary amides is 1. The molecule has 2 aliphatic heterocycles. The Morgan fingerprint density at radius 2 is 1.80 bits per heavy atom. The monoisotopic (exact) mass is 551 g/mol. The van der Waals surface area contributed by atoms with Gasteiger partial charge in [-0.2, -0.15) is 0 Å². The molecule has 2 amide bonds. The summed E-state index contributed by atoms with van der Waals surface area (Å²) < 4.78 is 16.6. The molecule has 0 saturated carbocycles. The van der Waals surface area contributed by atoms with Gasteiger partial charge < -0.3 is 30.0 Å². The Kier molecular flexibility index (Phi) is 9.79. The highest BCUT2D eigenvalue weighted by atomic mass is 16.5. The van der Waals surface area contributed by atoms with Crippen LogP contribution in [0.25, 0.3) is 5.76 Å². The standard InChI is InChI=1S/C30H37N3O7/c1-3-4-15-39-24-10-7-22(18-20(24)2)28(35)26-27(21-5-8-23(9-6-21)40-19-25(31)34)33(30(37)29(26)36)12-11-32-13-16-38-17-14-32/h5-10,18,27,35H,3-4,11-17,19H2,1-2H3,(H2,31,34)/b28-26+. The number of nitrogens with two attached hydrogens (primary N) is 1. The maximum atomic E-state index is 13.4. The van der Waals surface area contributed by atoms with Gasteiger partial charge >= 0.3 is 0 Å². The van der Waals surface area contributed by atoms with Crippen molar-refractivity contribution in [3.05, 3.63) is 64.7 Å². The molecule has 3 N–H and O–H groups in total. The summed E-state index contributed by atoms with van der Waals surface area (Å²) in [5.74, 6) is -1.11. The van der Waals surface area contributed by atoms with Crippen LogP contribution < -0.4 is 15.2 Å². The molecule has 214 valence electrons. The number of aryl methyl sites for hydroxylation is 1. The lowest BCUT2D eigenvalue weighted by Gasteiger charge is -2.31. The molecule has 2 aromatic rings. The number of amides is 2. The normalized spacial score (nSPS) is 19.1. The minimum absolute atomic E-state index is 0.0248. The minimum Gasteiger partial charge on any atom is -0.507 e. The van der Waals surface area contributed by atoms with Gasteiger partial charge in [-0.05, 0) is 54.8 Å². The number of ketones is 1. The summed E-state index contributed by atoms with van der Waals surface area (Å²) in [6.07, 6.45) is 1.95. The number of ether oxygens (including phenoxy) is 3. The number of hydrogen-bond donors (Lipinski definition) is 2. The third kappa shape index (κ3) is 6.81. The lowest BCUT2D eigenvalue weighted by Crippen LogP contribution is -2.42. The molecule has 40 heavy (non-hydrogen) atoms. The van der Waals surface area contributed by atoms with Crippen LogP contribution in [0.5, 0.6) is 11.5 Å². The van der Waals surface area contributed by atoms with Crippen molar-refractivity contribution in [2.75, 3.05) is 52.6 Å². The van der Waals surface area contributed by atoms with Crippen molar-refractivity contribution in [3.63, 3.8) is 0 Å². The molecular formula is C30H37N3O7. The third-order valence-electron chi connectivity index (χ3n) is 7.08. The van der Waals surface area contributed by atoms with Crippen LogP contribution in [0.15, 0.2) is 48.0 Å². The van der Waals surface area contributed by atoms with Crippen molar-refractivity contribution in [1.29, 1.82) is 0 Å². The molecule has 10 heteroatoms. The van der Waals surface area contributed by atoms with Crippen LogP contribution in [0.1, 0.15) is 42.5 Å². The first-order chi connectivity index (χ1) is 19.3. The van der Waals surface area contributed by atoms with Gasteiger partial charge in [-0.1, -0.05) is 25.5 Å². The lowest BCUT2D eigenvalue weighted by molar-refractivity contribution is -0.140. The van der Waals surface area contributed by atoms with E-state index in [1.54, 1.807) is 42.5 Å². The van der Waals surface area contributed by atoms with Gasteiger partial charge in [0.25, 0.3) is 17.6 Å². The second kappa shape index (κ2) is 13.5. The van der Waals surface area contributed by atoms with E-state index in [4.69, 9.17) is 19.9 Å². The maximum absolute atomic E-state index is 13.4. The van der Waals surface area contributed by atoms with Gasteiger partial charge in [0.2, 0.25) is 0 Å². The van der Waals surface area contributed by atoms with Crippen molar-refractivity contribution < 1.29 is 33.7 Å². The first kappa shape index (κ1) is 29.1. The van der Waals surface area contributed by atoms with Gasteiger partial charge in [0, 0.05) is 31.7 Å². The number of hydrogen-bond acceptors (Lipinski definition) is 8. The fraction of sp³-hybridized carbons (Fsp3) is 0.433. The van der Waals surface area contributed by atoms with Crippen molar-refractivity contribution in [3.8, 4) is 11.5 Å². The van der Waals surface area contributed by atoms with E-state index in [1.165, 1.54) is 4.90 Å². The quantitative estimate of drug-likeness (QED) is 0.178. The smallest absolute Gasteiger partial charge is 0.295 e. The Bertz CT molecular complexity index is 1250. The number of morpholine rings is 1. The van der Waals surface area contributed by atoms with E-state index >= 15 is 0 Å². The van der Waals surface area contributed by atoms with Gasteiger partial charge in [-0.15, -0.1) is 0 Å². The van der Waals surface area contributed by atoms with Crippen LogP contribution in [0.2, 0.25) is 0 Å². The summed E-state index contributed by atoms with van der Waals surface area (Å²) in [5, 5.41) is 11.4. The number of Topliss-reactive ketones (excluding diaryl/α,β-unsaturated/α-hetero) is 1. The van der Waals surface area contributed by atoms with E-state index in [-0.39, 0.29) is 17.9 Å². The van der Waals surface area contributed by atoms with Gasteiger partial charge in [0.05, 0.1) is 31.4 Å². The Labute approximate surface area is 234 Å². The molecule has 0 aromatic heterocycles. The number of unbranched alkanes of at least 4 members (excludes halogenated alkanes) is 1. The number of carbonyl (C=O) groups is 3. The zero-order valence-corrected chi connectivity index (χ0v) is 23.1. The fourth-order valence-corrected chi connectivity index (χ4v) is 4.87. The molecule has 1 unspecified atom stereocenters. The SMILES string of the molecule is CCCCOc1ccc(/C(O)=C2\C(=O)C(=O)N(CCN3CCOCC3)C2c2ccc(OCC(N)=O)cc2)cc1C. The fourth-order valence-electron chi connectivity index (χ4n) is 4.87. The number of nitrogens with zero attached hydrogens (tertiary/aromatic N) is 2. The van der Waals surface area contributed by atoms with Crippen molar-refractivity contribution in [2.45, 2.75) is 32.7 Å². The van der Waals surface area contributed by atoms with Gasteiger partial charge in [0.15, 0.2) is 6.61 Å². The molecule has 0 radical (unpaired) electrons. The maximum Gasteiger partial charge on any atom is 0.295 e. The zero-order chi connectivity index (χ0) is 28.6. The van der Waals surface area contributed by atoms with Gasteiger partial charge in [-0.25, -0.2) is 0 Å². The van der Waals surface area contributed by atoms with E-state index in [0.717, 1.165) is 31.5 Å². The zero-order valence-electron chi connectivity index (χ0n) is 23.1. The number of aliphatic hydroxyl groups excluding tert-OH is 1. The van der Waals surface area contributed by atoms with Gasteiger partial charge in [-0.3, -0.25) is 19.3 Å². The Hall–Kier alpha value is -3.89. The second-order valence-electron chi connectivity index (χ2n) is 9.95. The van der Waals surface area contributed by atoms with Crippen LogP contribution in [-0.2, 0) is 19.1 Å². The minimum atomic E-state index is -0.799. The Morgan fingerprint density at radius 1 is 1.07 bits per heavy atom. The summed E-state index contributed by atoms with van der Waals surface area (Å²) in [6.45, 7) is 7.88. The molecule has 4 rings (SSSR count). The molecule has 0 bridgehead atoms. The molecule has 2 heterocycles. The highest BCUT2D eigenvalue weighted by Gasteiger charge is 2.46. The first-order valence-electron chi connectivity index (χ1n) is 13.6. The molecule has 2 aliphatic rings. The summed E-state index contributed by atoms with van der Waals surface area (Å²) in [5.41, 5.74) is 7.07. The number of carbonyl (C=O) groups excluding carboxylic acids is 3. The predicted octanol–water partition coefficient (Wildman–Crippen LogP) is 2.79. The molecule has 0 aliphatic carbocycles. The van der Waals surface area contributed by atoms with Gasteiger partial charge in [0.1, 0.15) is 17.3 Å². The average molecular weight is 552 g/mol. The number of rotatable bonds is 12. The molecule has 10 nitrogen and oxygen atoms in total. The highest BCUT2D eigenvalue weighted by molar-refractivity contribution is 6.46. The Balaban J connectivity index is 1.68. The van der Waals surface area contributed by atoms with Crippen LogP contribution in [0.4, 0.5) is 0 Å². The average Bonchev–Trinajstić information content (AvgIpc) is 3.21. The molecular weight excluding hydrogens is 514 g/mol. The number of aliphatic hydroxyl groups is 1. The molecule has 1 atom stereocenters. The number of benzene rings is 2. The van der Waals surface area contributed by atoms with Crippen molar-refractivity contribution in [2.24, 2.45) is 5.73 Å². The summed E-state index contributed by atoms with van der Waals surface area (Å²) in [4.78, 5) is 41.5. The Morgan fingerprint density at radius 3 is 2.45 bits per heavy atom. The highest BCUT2D eigenvalue weighted by Crippen LogP contribution is 2.40. The number of likely N-dealkylation sites (tertiary alicyclic amines) is 1. The third-order valence-corrected chi connectivity index (χ3v) is 7.08. The van der Waals surface area contributed by atoms with Crippen LogP contribution >= 0.6 is 0 Å². The van der Waals surface area contributed by atoms with E-state index in [1.807, 2.05) is 6.92 Å². The molecule has 0 spiro atoms. The van der Waals surface area contributed by atoms with Crippen LogP contribution in [-0.4, -0.2) is 85.1 Å². The van der Waals surface area contributed by atoms with Crippen LogP contribution in [0.3, 0.4) is 0 Å². The van der Waals surface area contributed by atoms with E-state index < -0.39 is 23.6 Å². The topological polar surface area (TPSA) is 132 Å². The van der Waals surface area contributed by atoms with Crippen molar-refractivity contribution in [1.82, 2.24) is 9.80 Å². The largest absolute Gasteiger partial charge is 0.507 e. The van der Waals surface area contributed by atoms with E-state index in [0.29, 0.717) is 55.5 Å². The van der Waals surface area contributed by atoms with Crippen molar-refractivity contribution >= 4 is 23.4 Å². The summed E-state index contributed by atoms with van der Waals surface area (Å²) in [7, 11) is 0. The first-order valence-corrected chi connectivity index (χ1v) is 13.6. The lowest BCUT2D eigenvalue weighted by atomic mass is 9.94. The van der Waals surface area contributed by atoms with E-state index in [2.05, 4.69) is 11.8 Å². The summed E-state index contributed by atoms with van der Waals surface area (Å²) in [6, 6.07) is 11.2. The second-order valence-corrected chi connectivity index (χ2v) is 9.95. The van der Waals surface area contributed by atoms with E-state index in [9.17, 15) is 19.5 Å². The van der Waals surface area contributed by atoms with Crippen LogP contribution in [0, 0.1) is 6.92 Å². The predicted molar refractivity (Wildman–Crippen MR) is 149 cm³/mol. The molecule has 2 saturated heterocycles. The summed E-state index contributed by atoms with van der Waals surface area (Å²) >= 11 is 0. The molecule has 2 fully saturated rings. The molecule has 2 aromatic carbocycles.